The molecule has 2 aromatic carbocycles. The molecule has 140 valence electrons. The quantitative estimate of drug-likeness (QED) is 0.907. The van der Waals surface area contributed by atoms with Crippen LogP contribution >= 0.6 is 0 Å². The molecule has 1 unspecified atom stereocenters. The number of nitrogens with zero attached hydrogens (tertiary/aromatic N) is 1. The monoisotopic (exact) mass is 362 g/mol. The molecule has 1 spiro atoms. The van der Waals surface area contributed by atoms with Gasteiger partial charge in [0.1, 0.15) is 0 Å². The normalized spacial score (nSPS) is 21.3. The molecule has 27 heavy (non-hydrogen) atoms. The molecule has 2 aromatic rings. The van der Waals surface area contributed by atoms with E-state index in [-0.39, 0.29) is 23.3 Å². The molecule has 0 aliphatic carbocycles. The standard InChI is InChI=1S/C23H26N2O2/c26-21(12-11-18-7-3-1-4-8-18)25-15-13-23(14-16-25)17-20(22(27)24-23)19-9-5-2-6-10-19/h1-10,20H,11-17H2,(H,24,27). The highest BCUT2D eigenvalue weighted by Crippen LogP contribution is 2.39. The number of rotatable bonds is 4. The van der Waals surface area contributed by atoms with E-state index in [4.69, 9.17) is 0 Å². The Hall–Kier alpha value is -2.62. The first kappa shape index (κ1) is 17.8. The fraction of sp³-hybridized carbons (Fsp3) is 0.391. The molecule has 4 rings (SSSR count). The molecule has 2 heterocycles. The first-order valence-electron chi connectivity index (χ1n) is 9.84. The van der Waals surface area contributed by atoms with E-state index in [1.165, 1.54) is 5.56 Å². The lowest BCUT2D eigenvalue weighted by Gasteiger charge is -2.39. The molecule has 0 saturated carbocycles. The van der Waals surface area contributed by atoms with Crippen LogP contribution in [0.3, 0.4) is 0 Å². The maximum absolute atomic E-state index is 12.6. The first-order valence-corrected chi connectivity index (χ1v) is 9.84. The van der Waals surface area contributed by atoms with Crippen molar-refractivity contribution in [3.8, 4) is 0 Å². The second-order valence-corrected chi connectivity index (χ2v) is 7.80. The number of carbonyl (C=O) groups excluding carboxylic acids is 2. The second-order valence-electron chi connectivity index (χ2n) is 7.80. The third-order valence-electron chi connectivity index (χ3n) is 6.05. The van der Waals surface area contributed by atoms with E-state index < -0.39 is 0 Å². The van der Waals surface area contributed by atoms with Gasteiger partial charge in [-0.3, -0.25) is 9.59 Å². The number of nitrogens with one attached hydrogen (secondary N) is 1. The van der Waals surface area contributed by atoms with Crippen LogP contribution in [0.1, 0.15) is 42.7 Å². The fourth-order valence-corrected chi connectivity index (χ4v) is 4.40. The summed E-state index contributed by atoms with van der Waals surface area (Å²) in [5, 5.41) is 3.26. The Labute approximate surface area is 160 Å². The highest BCUT2D eigenvalue weighted by atomic mass is 16.2. The summed E-state index contributed by atoms with van der Waals surface area (Å²) in [6.45, 7) is 1.46. The maximum Gasteiger partial charge on any atom is 0.228 e. The van der Waals surface area contributed by atoms with Gasteiger partial charge in [0.15, 0.2) is 0 Å². The second kappa shape index (κ2) is 7.55. The molecule has 0 aromatic heterocycles. The molecule has 2 aliphatic rings. The maximum atomic E-state index is 12.6. The summed E-state index contributed by atoms with van der Waals surface area (Å²) in [7, 11) is 0. The van der Waals surface area contributed by atoms with Crippen molar-refractivity contribution in [2.75, 3.05) is 13.1 Å². The van der Waals surface area contributed by atoms with Gasteiger partial charge in [0.2, 0.25) is 11.8 Å². The Morgan fingerprint density at radius 2 is 1.63 bits per heavy atom. The van der Waals surface area contributed by atoms with Gasteiger partial charge in [-0.25, -0.2) is 0 Å². The molecule has 2 aliphatic heterocycles. The molecule has 1 atom stereocenters. The molecule has 0 bridgehead atoms. The number of aryl methyl sites for hydroxylation is 1. The predicted octanol–water partition coefficient (Wildman–Crippen LogP) is 3.28. The summed E-state index contributed by atoms with van der Waals surface area (Å²) in [4.78, 5) is 27.1. The van der Waals surface area contributed by atoms with Crippen molar-refractivity contribution in [1.82, 2.24) is 10.2 Å². The summed E-state index contributed by atoms with van der Waals surface area (Å²) in [6, 6.07) is 20.2. The molecular weight excluding hydrogens is 336 g/mol. The largest absolute Gasteiger partial charge is 0.350 e. The Kier molecular flexibility index (Phi) is 4.97. The number of hydrogen-bond acceptors (Lipinski definition) is 2. The van der Waals surface area contributed by atoms with Crippen LogP contribution in [0.15, 0.2) is 60.7 Å². The van der Waals surface area contributed by atoms with Crippen molar-refractivity contribution in [2.45, 2.75) is 43.6 Å². The zero-order chi connectivity index (χ0) is 18.7. The molecule has 2 fully saturated rings. The van der Waals surface area contributed by atoms with Gasteiger partial charge < -0.3 is 10.2 Å². The summed E-state index contributed by atoms with van der Waals surface area (Å²) in [6.07, 6.45) is 3.87. The van der Waals surface area contributed by atoms with Crippen molar-refractivity contribution < 1.29 is 9.59 Å². The van der Waals surface area contributed by atoms with Crippen molar-refractivity contribution in [1.29, 1.82) is 0 Å². The first-order chi connectivity index (χ1) is 13.2. The van der Waals surface area contributed by atoms with Crippen LogP contribution in [-0.2, 0) is 16.0 Å². The zero-order valence-electron chi connectivity index (χ0n) is 15.6. The van der Waals surface area contributed by atoms with Crippen LogP contribution in [0, 0.1) is 0 Å². The topological polar surface area (TPSA) is 49.4 Å². The average Bonchev–Trinajstić information content (AvgIpc) is 3.04. The van der Waals surface area contributed by atoms with Crippen LogP contribution in [0.5, 0.6) is 0 Å². The minimum atomic E-state index is -0.145. The number of piperidine rings is 1. The van der Waals surface area contributed by atoms with E-state index in [1.807, 2.05) is 53.4 Å². The lowest BCUT2D eigenvalue weighted by atomic mass is 9.82. The SMILES string of the molecule is O=C1NC2(CCN(C(=O)CCc3ccccc3)CC2)CC1c1ccccc1. The van der Waals surface area contributed by atoms with E-state index in [9.17, 15) is 9.59 Å². The van der Waals surface area contributed by atoms with Gasteiger partial charge in [0.25, 0.3) is 0 Å². The van der Waals surface area contributed by atoms with Gasteiger partial charge in [-0.15, -0.1) is 0 Å². The summed E-state index contributed by atoms with van der Waals surface area (Å²) >= 11 is 0. The summed E-state index contributed by atoms with van der Waals surface area (Å²) in [5.74, 6) is 0.286. The van der Waals surface area contributed by atoms with Crippen molar-refractivity contribution in [2.24, 2.45) is 0 Å². The Balaban J connectivity index is 1.32. The number of amides is 2. The zero-order valence-corrected chi connectivity index (χ0v) is 15.6. The van der Waals surface area contributed by atoms with Gasteiger partial charge in [-0.05, 0) is 36.8 Å². The van der Waals surface area contributed by atoms with Crippen molar-refractivity contribution in [3.05, 3.63) is 71.8 Å². The van der Waals surface area contributed by atoms with Crippen LogP contribution in [-0.4, -0.2) is 35.3 Å². The molecule has 0 radical (unpaired) electrons. The van der Waals surface area contributed by atoms with E-state index in [0.717, 1.165) is 44.3 Å². The Morgan fingerprint density at radius 3 is 2.30 bits per heavy atom. The van der Waals surface area contributed by atoms with Crippen molar-refractivity contribution in [3.63, 3.8) is 0 Å². The number of hydrogen-bond donors (Lipinski definition) is 1. The third kappa shape index (κ3) is 3.90. The van der Waals surface area contributed by atoms with Crippen molar-refractivity contribution >= 4 is 11.8 Å². The highest BCUT2D eigenvalue weighted by Gasteiger charge is 2.46. The lowest BCUT2D eigenvalue weighted by molar-refractivity contribution is -0.132. The van der Waals surface area contributed by atoms with Crippen LogP contribution < -0.4 is 5.32 Å². The van der Waals surface area contributed by atoms with Gasteiger partial charge in [-0.2, -0.15) is 0 Å². The molecule has 4 heteroatoms. The van der Waals surface area contributed by atoms with Gasteiger partial charge >= 0.3 is 0 Å². The molecular formula is C23H26N2O2. The van der Waals surface area contributed by atoms with E-state index in [2.05, 4.69) is 17.4 Å². The lowest BCUT2D eigenvalue weighted by Crippen LogP contribution is -2.52. The molecule has 1 N–H and O–H groups in total. The van der Waals surface area contributed by atoms with Gasteiger partial charge in [0.05, 0.1) is 5.92 Å². The number of likely N-dealkylation sites (tertiary alicyclic amines) is 1. The molecule has 2 amide bonds. The van der Waals surface area contributed by atoms with E-state index >= 15 is 0 Å². The third-order valence-corrected chi connectivity index (χ3v) is 6.05. The fourth-order valence-electron chi connectivity index (χ4n) is 4.40. The molecule has 4 nitrogen and oxygen atoms in total. The summed E-state index contributed by atoms with van der Waals surface area (Å²) < 4.78 is 0. The summed E-state index contributed by atoms with van der Waals surface area (Å²) in [5.41, 5.74) is 2.15. The molecule has 2 saturated heterocycles. The Bertz CT molecular complexity index is 796. The minimum absolute atomic E-state index is 0.0634. The Morgan fingerprint density at radius 1 is 1.00 bits per heavy atom. The van der Waals surface area contributed by atoms with Crippen LogP contribution in [0.2, 0.25) is 0 Å². The van der Waals surface area contributed by atoms with Gasteiger partial charge in [0, 0.05) is 25.0 Å². The average molecular weight is 362 g/mol. The number of carbonyl (C=O) groups is 2. The van der Waals surface area contributed by atoms with Gasteiger partial charge in [-0.1, -0.05) is 60.7 Å². The minimum Gasteiger partial charge on any atom is -0.350 e. The van der Waals surface area contributed by atoms with E-state index in [0.29, 0.717) is 6.42 Å². The predicted molar refractivity (Wildman–Crippen MR) is 105 cm³/mol. The van der Waals surface area contributed by atoms with E-state index in [1.54, 1.807) is 0 Å². The smallest absolute Gasteiger partial charge is 0.228 e. The van der Waals surface area contributed by atoms with Crippen LogP contribution in [0.25, 0.3) is 0 Å². The number of benzene rings is 2. The highest BCUT2D eigenvalue weighted by molar-refractivity contribution is 5.87. The van der Waals surface area contributed by atoms with Crippen LogP contribution in [0.4, 0.5) is 0 Å².